The maximum absolute atomic E-state index is 12.3. The molecule has 2 aromatic rings. The van der Waals surface area contributed by atoms with Crippen molar-refractivity contribution in [1.82, 2.24) is 25.5 Å². The zero-order chi connectivity index (χ0) is 16.9. The van der Waals surface area contributed by atoms with Gasteiger partial charge in [-0.3, -0.25) is 9.59 Å². The van der Waals surface area contributed by atoms with Gasteiger partial charge in [0.15, 0.2) is 0 Å². The van der Waals surface area contributed by atoms with Crippen LogP contribution in [-0.4, -0.2) is 43.2 Å². The van der Waals surface area contributed by atoms with Crippen LogP contribution in [0.5, 0.6) is 0 Å². The molecule has 1 aromatic carbocycles. The van der Waals surface area contributed by atoms with Crippen LogP contribution in [0.3, 0.4) is 0 Å². The summed E-state index contributed by atoms with van der Waals surface area (Å²) in [6.07, 6.45) is 4.19. The second kappa shape index (κ2) is 7.20. The van der Waals surface area contributed by atoms with Gasteiger partial charge in [-0.1, -0.05) is 12.1 Å². The second-order valence-corrected chi connectivity index (χ2v) is 6.06. The average molecular weight is 329 g/mol. The van der Waals surface area contributed by atoms with Gasteiger partial charge in [0, 0.05) is 11.6 Å². The number of nitrogens with zero attached hydrogens (tertiary/aromatic N) is 4. The maximum atomic E-state index is 12.3. The number of tetrazole rings is 1. The molecule has 0 aliphatic heterocycles. The van der Waals surface area contributed by atoms with E-state index in [1.807, 2.05) is 12.1 Å². The monoisotopic (exact) mass is 329 g/mol. The van der Waals surface area contributed by atoms with Crippen LogP contribution in [0.4, 0.5) is 0 Å². The van der Waals surface area contributed by atoms with Crippen LogP contribution < -0.4 is 5.32 Å². The topological polar surface area (TPSA) is 110 Å². The average Bonchev–Trinajstić information content (AvgIpc) is 3.09. The van der Waals surface area contributed by atoms with Gasteiger partial charge in [0.25, 0.3) is 5.91 Å². The third kappa shape index (κ3) is 3.95. The van der Waals surface area contributed by atoms with Crippen LogP contribution in [0.1, 0.15) is 41.6 Å². The minimum absolute atomic E-state index is 0.0500. The van der Waals surface area contributed by atoms with Crippen LogP contribution in [0.15, 0.2) is 30.6 Å². The Morgan fingerprint density at radius 2 is 1.88 bits per heavy atom. The highest BCUT2D eigenvalue weighted by Gasteiger charge is 2.26. The van der Waals surface area contributed by atoms with Crippen molar-refractivity contribution in [3.8, 4) is 0 Å². The molecule has 126 valence electrons. The van der Waals surface area contributed by atoms with E-state index in [1.54, 1.807) is 16.8 Å². The zero-order valence-electron chi connectivity index (χ0n) is 13.1. The molecule has 3 rings (SSSR count). The lowest BCUT2D eigenvalue weighted by Crippen LogP contribution is -2.38. The molecule has 0 radical (unpaired) electrons. The molecule has 1 aromatic heterocycles. The molecule has 8 nitrogen and oxygen atoms in total. The summed E-state index contributed by atoms with van der Waals surface area (Å²) in [6, 6.07) is 7.35. The highest BCUT2D eigenvalue weighted by atomic mass is 16.4. The van der Waals surface area contributed by atoms with Crippen LogP contribution in [0.25, 0.3) is 0 Å². The lowest BCUT2D eigenvalue weighted by atomic mass is 9.86. The van der Waals surface area contributed by atoms with Crippen molar-refractivity contribution in [2.45, 2.75) is 38.3 Å². The largest absolute Gasteiger partial charge is 0.481 e. The van der Waals surface area contributed by atoms with Gasteiger partial charge in [0.2, 0.25) is 0 Å². The predicted octanol–water partition coefficient (Wildman–Crippen LogP) is 1.09. The van der Waals surface area contributed by atoms with Gasteiger partial charge in [0.1, 0.15) is 6.33 Å². The molecule has 1 heterocycles. The second-order valence-electron chi connectivity index (χ2n) is 6.06. The molecule has 8 heteroatoms. The van der Waals surface area contributed by atoms with Crippen molar-refractivity contribution in [3.63, 3.8) is 0 Å². The van der Waals surface area contributed by atoms with Gasteiger partial charge in [0.05, 0.1) is 12.5 Å². The normalized spacial score (nSPS) is 20.5. The molecule has 0 atom stereocenters. The Morgan fingerprint density at radius 3 is 2.46 bits per heavy atom. The van der Waals surface area contributed by atoms with Gasteiger partial charge >= 0.3 is 5.97 Å². The van der Waals surface area contributed by atoms with E-state index in [0.717, 1.165) is 5.56 Å². The first-order valence-corrected chi connectivity index (χ1v) is 7.95. The van der Waals surface area contributed by atoms with E-state index < -0.39 is 5.97 Å². The SMILES string of the molecule is O=C(NC1CCC(C(=O)O)CC1)c1ccc(Cn2cnnn2)cc1. The summed E-state index contributed by atoms with van der Waals surface area (Å²) in [5, 5.41) is 22.9. The summed E-state index contributed by atoms with van der Waals surface area (Å²) < 4.78 is 1.61. The predicted molar refractivity (Wildman–Crippen MR) is 84.2 cm³/mol. The molecule has 1 saturated carbocycles. The Morgan fingerprint density at radius 1 is 1.17 bits per heavy atom. The van der Waals surface area contributed by atoms with E-state index in [1.165, 1.54) is 6.33 Å². The Balaban J connectivity index is 1.53. The molecule has 0 unspecified atom stereocenters. The van der Waals surface area contributed by atoms with E-state index >= 15 is 0 Å². The standard InChI is InChI=1S/C16H19N5O3/c22-15(18-14-7-5-13(6-8-14)16(23)24)12-3-1-11(2-4-12)9-21-10-17-19-20-21/h1-4,10,13-14H,5-9H2,(H,18,22)(H,23,24). The summed E-state index contributed by atoms with van der Waals surface area (Å²) >= 11 is 0. The highest BCUT2D eigenvalue weighted by molar-refractivity contribution is 5.94. The van der Waals surface area contributed by atoms with Crippen molar-refractivity contribution in [3.05, 3.63) is 41.7 Å². The van der Waals surface area contributed by atoms with Crippen molar-refractivity contribution < 1.29 is 14.7 Å². The fraction of sp³-hybridized carbons (Fsp3) is 0.438. The smallest absolute Gasteiger partial charge is 0.306 e. The zero-order valence-corrected chi connectivity index (χ0v) is 13.1. The van der Waals surface area contributed by atoms with Gasteiger partial charge in [-0.2, -0.15) is 0 Å². The van der Waals surface area contributed by atoms with Gasteiger partial charge in [-0.25, -0.2) is 4.68 Å². The number of aromatic nitrogens is 4. The number of hydrogen-bond donors (Lipinski definition) is 2. The number of hydrogen-bond acceptors (Lipinski definition) is 5. The lowest BCUT2D eigenvalue weighted by Gasteiger charge is -2.26. The molecule has 1 aliphatic rings. The number of carboxylic acid groups (broad SMARTS) is 1. The van der Waals surface area contributed by atoms with E-state index in [0.29, 0.717) is 37.8 Å². The van der Waals surface area contributed by atoms with E-state index in [2.05, 4.69) is 20.8 Å². The number of rotatable bonds is 5. The summed E-state index contributed by atoms with van der Waals surface area (Å²) in [6.45, 7) is 0.550. The minimum Gasteiger partial charge on any atom is -0.481 e. The molecule has 1 amide bonds. The van der Waals surface area contributed by atoms with Crippen molar-refractivity contribution >= 4 is 11.9 Å². The molecular formula is C16H19N5O3. The quantitative estimate of drug-likeness (QED) is 0.850. The maximum Gasteiger partial charge on any atom is 0.306 e. The van der Waals surface area contributed by atoms with Crippen molar-refractivity contribution in [2.24, 2.45) is 5.92 Å². The summed E-state index contributed by atoms with van der Waals surface area (Å²) in [5.41, 5.74) is 1.59. The number of amides is 1. The number of benzene rings is 1. The van der Waals surface area contributed by atoms with Crippen molar-refractivity contribution in [2.75, 3.05) is 0 Å². The number of carbonyl (C=O) groups is 2. The minimum atomic E-state index is -0.738. The Labute approximate surface area is 138 Å². The van der Waals surface area contributed by atoms with E-state index in [-0.39, 0.29) is 17.9 Å². The lowest BCUT2D eigenvalue weighted by molar-refractivity contribution is -0.142. The first-order valence-electron chi connectivity index (χ1n) is 7.95. The molecule has 0 spiro atoms. The fourth-order valence-corrected chi connectivity index (χ4v) is 2.95. The summed E-state index contributed by atoms with van der Waals surface area (Å²) in [5.74, 6) is -1.13. The van der Waals surface area contributed by atoms with Gasteiger partial charge < -0.3 is 10.4 Å². The van der Waals surface area contributed by atoms with E-state index in [9.17, 15) is 9.59 Å². The van der Waals surface area contributed by atoms with Gasteiger partial charge in [-0.05, 0) is 53.8 Å². The molecule has 2 N–H and O–H groups in total. The summed E-state index contributed by atoms with van der Waals surface area (Å²) in [4.78, 5) is 23.2. The Bertz CT molecular complexity index is 691. The third-order valence-electron chi connectivity index (χ3n) is 4.36. The number of carbonyl (C=O) groups excluding carboxylic acids is 1. The number of aliphatic carboxylic acids is 1. The van der Waals surface area contributed by atoms with Crippen LogP contribution >= 0.6 is 0 Å². The molecule has 1 fully saturated rings. The molecule has 0 saturated heterocycles. The van der Waals surface area contributed by atoms with Gasteiger partial charge in [-0.15, -0.1) is 5.10 Å². The first kappa shape index (κ1) is 16.1. The number of carboxylic acids is 1. The number of nitrogens with one attached hydrogen (secondary N) is 1. The molecule has 0 bridgehead atoms. The van der Waals surface area contributed by atoms with Crippen LogP contribution in [0, 0.1) is 5.92 Å². The first-order chi connectivity index (χ1) is 11.6. The third-order valence-corrected chi connectivity index (χ3v) is 4.36. The Kier molecular flexibility index (Phi) is 4.83. The fourth-order valence-electron chi connectivity index (χ4n) is 2.95. The van der Waals surface area contributed by atoms with E-state index in [4.69, 9.17) is 5.11 Å². The Hall–Kier alpha value is -2.77. The highest BCUT2D eigenvalue weighted by Crippen LogP contribution is 2.24. The van der Waals surface area contributed by atoms with Crippen LogP contribution in [-0.2, 0) is 11.3 Å². The molecule has 24 heavy (non-hydrogen) atoms. The van der Waals surface area contributed by atoms with Crippen LogP contribution in [0.2, 0.25) is 0 Å². The summed E-state index contributed by atoms with van der Waals surface area (Å²) in [7, 11) is 0. The molecule has 1 aliphatic carbocycles. The van der Waals surface area contributed by atoms with Crippen molar-refractivity contribution in [1.29, 1.82) is 0 Å². The molecular weight excluding hydrogens is 310 g/mol.